The van der Waals surface area contributed by atoms with Crippen LogP contribution in [-0.4, -0.2) is 16.3 Å². The summed E-state index contributed by atoms with van der Waals surface area (Å²) in [6, 6.07) is 3.04. The van der Waals surface area contributed by atoms with Crippen LogP contribution in [0, 0.1) is 0 Å². The van der Waals surface area contributed by atoms with Crippen LogP contribution in [-0.2, 0) is 17.8 Å². The average molecular weight is 263 g/mol. The van der Waals surface area contributed by atoms with E-state index in [0.717, 1.165) is 18.5 Å². The van der Waals surface area contributed by atoms with Gasteiger partial charge in [-0.25, -0.2) is 5.84 Å². The molecule has 102 valence electrons. The molecule has 0 spiro atoms. The topological polar surface area (TPSA) is 94.2 Å². The van der Waals surface area contributed by atoms with Gasteiger partial charge in [0, 0.05) is 36.7 Å². The molecule has 1 amide bonds. The van der Waals surface area contributed by atoms with Crippen molar-refractivity contribution in [1.82, 2.24) is 9.99 Å². The van der Waals surface area contributed by atoms with Crippen LogP contribution in [0.2, 0.25) is 0 Å². The van der Waals surface area contributed by atoms with Crippen molar-refractivity contribution in [2.75, 3.05) is 0 Å². The van der Waals surface area contributed by atoms with E-state index in [0.29, 0.717) is 24.9 Å². The number of rotatable bonds is 4. The molecule has 0 aliphatic heterocycles. The fourth-order valence-corrected chi connectivity index (χ4v) is 2.41. The van der Waals surface area contributed by atoms with Gasteiger partial charge < -0.3 is 4.57 Å². The third-order valence-electron chi connectivity index (χ3n) is 3.36. The van der Waals surface area contributed by atoms with E-state index >= 15 is 0 Å². The van der Waals surface area contributed by atoms with E-state index in [9.17, 15) is 14.4 Å². The minimum Gasteiger partial charge on any atom is -0.312 e. The number of carbonyl (C=O) groups is 2. The maximum atomic E-state index is 11.9. The largest absolute Gasteiger partial charge is 0.312 e. The Morgan fingerprint density at radius 3 is 2.84 bits per heavy atom. The molecule has 1 aliphatic carbocycles. The van der Waals surface area contributed by atoms with Gasteiger partial charge in [0.25, 0.3) is 5.56 Å². The summed E-state index contributed by atoms with van der Waals surface area (Å²) in [6.45, 7) is 0.433. The van der Waals surface area contributed by atoms with Crippen LogP contribution < -0.4 is 16.8 Å². The van der Waals surface area contributed by atoms with E-state index in [2.05, 4.69) is 5.43 Å². The van der Waals surface area contributed by atoms with E-state index in [1.54, 1.807) is 10.6 Å². The number of nitrogens with zero attached hydrogens (tertiary/aromatic N) is 1. The lowest BCUT2D eigenvalue weighted by Crippen LogP contribution is -2.31. The lowest BCUT2D eigenvalue weighted by atomic mass is 9.94. The lowest BCUT2D eigenvalue weighted by Gasteiger charge is -2.19. The van der Waals surface area contributed by atoms with Crippen LogP contribution in [0.5, 0.6) is 0 Å². The van der Waals surface area contributed by atoms with E-state index in [1.807, 2.05) is 0 Å². The number of ketones is 1. The number of hydrogen-bond donors (Lipinski definition) is 2. The van der Waals surface area contributed by atoms with Crippen molar-refractivity contribution < 1.29 is 9.59 Å². The third kappa shape index (κ3) is 2.90. The van der Waals surface area contributed by atoms with Gasteiger partial charge >= 0.3 is 0 Å². The lowest BCUT2D eigenvalue weighted by molar-refractivity contribution is -0.121. The van der Waals surface area contributed by atoms with Gasteiger partial charge in [0.2, 0.25) is 5.91 Å². The molecule has 0 unspecified atom stereocenters. The number of nitrogens with one attached hydrogen (secondary N) is 1. The molecular weight excluding hydrogens is 246 g/mol. The Morgan fingerprint density at radius 2 is 2.11 bits per heavy atom. The van der Waals surface area contributed by atoms with E-state index < -0.39 is 0 Å². The van der Waals surface area contributed by atoms with Crippen LogP contribution in [0.15, 0.2) is 16.9 Å². The van der Waals surface area contributed by atoms with E-state index in [-0.39, 0.29) is 23.7 Å². The Labute approximate surface area is 110 Å². The molecule has 0 radical (unpaired) electrons. The maximum absolute atomic E-state index is 11.9. The third-order valence-corrected chi connectivity index (χ3v) is 3.36. The summed E-state index contributed by atoms with van der Waals surface area (Å²) in [5.41, 5.74) is 3.38. The molecule has 3 N–H and O–H groups in total. The zero-order valence-corrected chi connectivity index (χ0v) is 10.6. The van der Waals surface area contributed by atoms with Crippen LogP contribution in [0.25, 0.3) is 0 Å². The number of amides is 1. The summed E-state index contributed by atoms with van der Waals surface area (Å²) < 4.78 is 1.61. The normalized spacial score (nSPS) is 14.1. The molecule has 1 aromatic heterocycles. The molecule has 0 saturated carbocycles. The second kappa shape index (κ2) is 5.79. The summed E-state index contributed by atoms with van der Waals surface area (Å²) in [7, 11) is 0. The van der Waals surface area contributed by atoms with Crippen molar-refractivity contribution in [2.45, 2.75) is 38.6 Å². The van der Waals surface area contributed by atoms with Crippen molar-refractivity contribution in [3.8, 4) is 0 Å². The Hall–Kier alpha value is -1.95. The summed E-state index contributed by atoms with van der Waals surface area (Å²) in [5.74, 6) is 4.83. The van der Waals surface area contributed by atoms with Crippen LogP contribution in [0.3, 0.4) is 0 Å². The fraction of sp³-hybridized carbons (Fsp3) is 0.462. The second-order valence-electron chi connectivity index (χ2n) is 4.63. The molecule has 0 bridgehead atoms. The predicted octanol–water partition coefficient (Wildman–Crippen LogP) is 0.137. The van der Waals surface area contributed by atoms with Gasteiger partial charge in [-0.2, -0.15) is 0 Å². The monoisotopic (exact) mass is 263 g/mol. The number of nitrogens with two attached hydrogens (primary N) is 1. The van der Waals surface area contributed by atoms with E-state index in [4.69, 9.17) is 5.84 Å². The van der Waals surface area contributed by atoms with Gasteiger partial charge in [0.15, 0.2) is 5.78 Å². The zero-order valence-electron chi connectivity index (χ0n) is 10.6. The number of carbonyl (C=O) groups excluding carboxylic acids is 2. The highest BCUT2D eigenvalue weighted by Gasteiger charge is 2.20. The second-order valence-corrected chi connectivity index (χ2v) is 4.63. The Bertz CT molecular complexity index is 563. The number of hydrazine groups is 1. The van der Waals surface area contributed by atoms with Crippen molar-refractivity contribution in [3.63, 3.8) is 0 Å². The highest BCUT2D eigenvalue weighted by Crippen LogP contribution is 2.19. The predicted molar refractivity (Wildman–Crippen MR) is 69.5 cm³/mol. The van der Waals surface area contributed by atoms with Crippen LogP contribution in [0.1, 0.15) is 41.7 Å². The first-order chi connectivity index (χ1) is 9.13. The molecule has 6 nitrogen and oxygen atoms in total. The summed E-state index contributed by atoms with van der Waals surface area (Å²) >= 11 is 0. The van der Waals surface area contributed by atoms with Crippen LogP contribution in [0.4, 0.5) is 0 Å². The molecule has 19 heavy (non-hydrogen) atoms. The van der Waals surface area contributed by atoms with Gasteiger partial charge in [0.1, 0.15) is 0 Å². The minimum atomic E-state index is -0.256. The Balaban J connectivity index is 2.20. The smallest absolute Gasteiger partial charge is 0.250 e. The molecule has 1 heterocycles. The Kier molecular flexibility index (Phi) is 4.11. The van der Waals surface area contributed by atoms with Gasteiger partial charge in [-0.3, -0.25) is 19.8 Å². The van der Waals surface area contributed by atoms with Crippen molar-refractivity contribution in [3.05, 3.63) is 33.7 Å². The highest BCUT2D eigenvalue weighted by molar-refractivity contribution is 5.97. The average Bonchev–Trinajstić information content (AvgIpc) is 2.41. The summed E-state index contributed by atoms with van der Waals surface area (Å²) in [4.78, 5) is 34.7. The van der Waals surface area contributed by atoms with E-state index in [1.165, 1.54) is 6.07 Å². The zero-order chi connectivity index (χ0) is 13.8. The fourth-order valence-electron chi connectivity index (χ4n) is 2.41. The number of aromatic nitrogens is 1. The molecule has 1 aromatic rings. The molecule has 0 fully saturated rings. The SMILES string of the molecule is NNC(=O)CCCn1c2c(ccc1=O)C(=O)CCC2. The van der Waals surface area contributed by atoms with Gasteiger partial charge in [-0.05, 0) is 25.3 Å². The summed E-state index contributed by atoms with van der Waals surface area (Å²) in [6.07, 6.45) is 2.84. The van der Waals surface area contributed by atoms with Crippen molar-refractivity contribution in [1.29, 1.82) is 0 Å². The number of pyridine rings is 1. The minimum absolute atomic E-state index is 0.0923. The quantitative estimate of drug-likeness (QED) is 0.459. The van der Waals surface area contributed by atoms with Gasteiger partial charge in [0.05, 0.1) is 0 Å². The molecule has 1 aliphatic rings. The number of Topliss-reactive ketones (excluding diaryl/α,β-unsaturated/α-hetero) is 1. The molecule has 0 atom stereocenters. The number of fused-ring (bicyclic) bond motifs is 1. The standard InChI is InChI=1S/C13H17N3O3/c14-15-12(18)5-2-8-16-10-3-1-4-11(17)9(10)6-7-13(16)19/h6-7H,1-5,8,14H2,(H,15,18). The summed E-state index contributed by atoms with van der Waals surface area (Å²) in [5, 5.41) is 0. The maximum Gasteiger partial charge on any atom is 0.250 e. The highest BCUT2D eigenvalue weighted by atomic mass is 16.2. The first-order valence-electron chi connectivity index (χ1n) is 6.39. The van der Waals surface area contributed by atoms with Crippen molar-refractivity contribution >= 4 is 11.7 Å². The van der Waals surface area contributed by atoms with Crippen molar-refractivity contribution in [2.24, 2.45) is 5.84 Å². The number of hydrogen-bond acceptors (Lipinski definition) is 4. The molecule has 0 aromatic carbocycles. The van der Waals surface area contributed by atoms with Gasteiger partial charge in [-0.15, -0.1) is 0 Å². The molecule has 6 heteroatoms. The first kappa shape index (κ1) is 13.5. The molecule has 0 saturated heterocycles. The first-order valence-corrected chi connectivity index (χ1v) is 6.39. The molecule has 2 rings (SSSR count). The van der Waals surface area contributed by atoms with Crippen LogP contribution >= 0.6 is 0 Å². The Morgan fingerprint density at radius 1 is 1.32 bits per heavy atom. The molecular formula is C13H17N3O3. The van der Waals surface area contributed by atoms with Gasteiger partial charge in [-0.1, -0.05) is 0 Å².